The highest BCUT2D eigenvalue weighted by molar-refractivity contribution is 14.1. The van der Waals surface area contributed by atoms with E-state index < -0.39 is 0 Å². The quantitative estimate of drug-likeness (QED) is 0.119. The van der Waals surface area contributed by atoms with Crippen molar-refractivity contribution in [2.24, 2.45) is 0 Å². The average molecular weight is 791 g/mol. The molecule has 0 saturated heterocycles. The summed E-state index contributed by atoms with van der Waals surface area (Å²) >= 11 is 4.98. The second-order valence-electron chi connectivity index (χ2n) is 11.4. The number of amides is 2. The second-order valence-corrected chi connectivity index (χ2v) is 14.4. The summed E-state index contributed by atoms with van der Waals surface area (Å²) in [6, 6.07) is 16.9. The molecular formula is C36H35IN6O3S2. The fourth-order valence-electron chi connectivity index (χ4n) is 4.62. The Morgan fingerprint density at radius 1 is 0.792 bits per heavy atom. The third-order valence-corrected chi connectivity index (χ3v) is 9.58. The lowest BCUT2D eigenvalue weighted by Gasteiger charge is -2.24. The second kappa shape index (κ2) is 17.8. The Labute approximate surface area is 302 Å². The number of ether oxygens (including phenoxy) is 1. The molecule has 9 nitrogen and oxygen atoms in total. The third kappa shape index (κ3) is 11.2. The first-order chi connectivity index (χ1) is 23.3. The van der Waals surface area contributed by atoms with Crippen LogP contribution in [-0.2, 0) is 12.8 Å². The number of aromatic nitrogens is 4. The van der Waals surface area contributed by atoms with E-state index >= 15 is 0 Å². The van der Waals surface area contributed by atoms with Gasteiger partial charge in [-0.25, -0.2) is 9.97 Å². The van der Waals surface area contributed by atoms with E-state index in [1.165, 1.54) is 38.2 Å². The van der Waals surface area contributed by atoms with Crippen molar-refractivity contribution in [3.8, 4) is 17.9 Å². The van der Waals surface area contributed by atoms with E-state index in [1.54, 1.807) is 35.8 Å². The highest BCUT2D eigenvalue weighted by Crippen LogP contribution is 2.22. The highest BCUT2D eigenvalue weighted by atomic mass is 127. The van der Waals surface area contributed by atoms with Crippen molar-refractivity contribution >= 4 is 57.1 Å². The Bertz CT molecular complexity index is 1800. The molecule has 6 rings (SSSR count). The number of rotatable bonds is 10. The Morgan fingerprint density at radius 2 is 1.29 bits per heavy atom. The standard InChI is InChI=1S/C23H22N4O2S.C13H13IN2OS/c1-16(27-22(28)21-14-24-15-30-21)11-18-8-5-17(6-9-18)7-10-19-12-25-23(26-13-19)29-20-3-2-4-20;1-9(6-10-2-4-11(14)5-3-10)16-13(17)12-7-15-8-18-12/h5-6,8-9,12-16,20H,2-4,11H2,1H3,(H,27,28);2-5,7-9H,6H2,1H3,(H,16,17). The predicted molar refractivity (Wildman–Crippen MR) is 197 cm³/mol. The van der Waals surface area contributed by atoms with Crippen LogP contribution in [0.5, 0.6) is 6.01 Å². The summed E-state index contributed by atoms with van der Waals surface area (Å²) in [6.07, 6.45) is 11.8. The minimum absolute atomic E-state index is 0.0225. The summed E-state index contributed by atoms with van der Waals surface area (Å²) in [5.41, 5.74) is 7.35. The first-order valence-corrected chi connectivity index (χ1v) is 18.4. The molecule has 1 saturated carbocycles. The fourth-order valence-corrected chi connectivity index (χ4v) is 6.03. The number of hydrogen-bond acceptors (Lipinski definition) is 9. The van der Waals surface area contributed by atoms with Crippen molar-refractivity contribution in [2.75, 3.05) is 0 Å². The molecule has 2 atom stereocenters. The Balaban J connectivity index is 0.000000214. The van der Waals surface area contributed by atoms with Gasteiger partial charge in [-0.2, -0.15) is 0 Å². The topological polar surface area (TPSA) is 119 Å². The first-order valence-electron chi connectivity index (χ1n) is 15.5. The Morgan fingerprint density at radius 3 is 1.75 bits per heavy atom. The maximum atomic E-state index is 12.1. The van der Waals surface area contributed by atoms with E-state index in [-0.39, 0.29) is 30.0 Å². The van der Waals surface area contributed by atoms with Gasteiger partial charge < -0.3 is 15.4 Å². The van der Waals surface area contributed by atoms with Crippen molar-refractivity contribution in [3.05, 3.63) is 120 Å². The molecule has 5 aromatic rings. The zero-order valence-corrected chi connectivity index (χ0v) is 30.3. The lowest BCUT2D eigenvalue weighted by atomic mass is 9.96. The number of nitrogens with zero attached hydrogens (tertiary/aromatic N) is 4. The van der Waals surface area contributed by atoms with Gasteiger partial charge in [0.2, 0.25) is 0 Å². The molecule has 1 fully saturated rings. The van der Waals surface area contributed by atoms with Crippen LogP contribution >= 0.6 is 45.3 Å². The van der Waals surface area contributed by atoms with Crippen molar-refractivity contribution in [3.63, 3.8) is 0 Å². The van der Waals surface area contributed by atoms with Gasteiger partial charge >= 0.3 is 6.01 Å². The van der Waals surface area contributed by atoms with Gasteiger partial charge in [0.15, 0.2) is 0 Å². The number of halogens is 1. The van der Waals surface area contributed by atoms with Crippen LogP contribution in [0, 0.1) is 15.4 Å². The molecule has 0 radical (unpaired) electrons. The maximum absolute atomic E-state index is 12.1. The van der Waals surface area contributed by atoms with Crippen LogP contribution in [0.3, 0.4) is 0 Å². The minimum atomic E-state index is -0.0844. The first kappa shape index (κ1) is 35.1. The number of benzene rings is 2. The number of carbonyl (C=O) groups excluding carboxylic acids is 2. The molecular weight excluding hydrogens is 755 g/mol. The molecule has 48 heavy (non-hydrogen) atoms. The Hall–Kier alpha value is -4.19. The van der Waals surface area contributed by atoms with E-state index in [2.05, 4.69) is 89.3 Å². The predicted octanol–water partition coefficient (Wildman–Crippen LogP) is 6.73. The van der Waals surface area contributed by atoms with E-state index in [0.29, 0.717) is 15.8 Å². The molecule has 12 heteroatoms. The van der Waals surface area contributed by atoms with E-state index in [0.717, 1.165) is 42.4 Å². The molecule has 2 N–H and O–H groups in total. The molecule has 246 valence electrons. The number of nitrogens with one attached hydrogen (secondary N) is 2. The molecule has 3 aromatic heterocycles. The van der Waals surface area contributed by atoms with Crippen molar-refractivity contribution < 1.29 is 14.3 Å². The summed E-state index contributed by atoms with van der Waals surface area (Å²) in [6.45, 7) is 4.00. The van der Waals surface area contributed by atoms with E-state index in [4.69, 9.17) is 4.74 Å². The zero-order chi connectivity index (χ0) is 33.7. The Kier molecular flexibility index (Phi) is 13.0. The molecule has 0 bridgehead atoms. The molecule has 0 spiro atoms. The smallest absolute Gasteiger partial charge is 0.316 e. The van der Waals surface area contributed by atoms with Crippen molar-refractivity contribution in [1.82, 2.24) is 30.6 Å². The summed E-state index contributed by atoms with van der Waals surface area (Å²) < 4.78 is 6.88. The van der Waals surface area contributed by atoms with Crippen LogP contribution in [-0.4, -0.2) is 49.9 Å². The van der Waals surface area contributed by atoms with Gasteiger partial charge in [0.1, 0.15) is 15.9 Å². The maximum Gasteiger partial charge on any atom is 0.316 e. The average Bonchev–Trinajstić information content (AvgIpc) is 3.80. The monoisotopic (exact) mass is 790 g/mol. The van der Waals surface area contributed by atoms with Crippen LogP contribution < -0.4 is 15.4 Å². The van der Waals surface area contributed by atoms with Crippen LogP contribution in [0.25, 0.3) is 0 Å². The van der Waals surface area contributed by atoms with Crippen LogP contribution in [0.15, 0.2) is 84.3 Å². The zero-order valence-electron chi connectivity index (χ0n) is 26.6. The fraction of sp³-hybridized carbons (Fsp3) is 0.278. The highest BCUT2D eigenvalue weighted by Gasteiger charge is 2.20. The van der Waals surface area contributed by atoms with Gasteiger partial charge in [0, 0.05) is 33.6 Å². The van der Waals surface area contributed by atoms with Crippen LogP contribution in [0.2, 0.25) is 0 Å². The van der Waals surface area contributed by atoms with Crippen molar-refractivity contribution in [2.45, 2.75) is 64.1 Å². The third-order valence-electron chi connectivity index (χ3n) is 7.32. The number of hydrogen-bond donors (Lipinski definition) is 2. The molecule has 3 heterocycles. The molecule has 1 aliphatic rings. The lowest BCUT2D eigenvalue weighted by molar-refractivity contribution is 0.0935. The minimum Gasteiger partial charge on any atom is -0.460 e. The number of carbonyl (C=O) groups is 2. The molecule has 2 unspecified atom stereocenters. The van der Waals surface area contributed by atoms with Gasteiger partial charge in [0.25, 0.3) is 11.8 Å². The van der Waals surface area contributed by atoms with E-state index in [9.17, 15) is 9.59 Å². The van der Waals surface area contributed by atoms with Gasteiger partial charge in [-0.15, -0.1) is 22.7 Å². The van der Waals surface area contributed by atoms with Crippen LogP contribution in [0.4, 0.5) is 0 Å². The summed E-state index contributed by atoms with van der Waals surface area (Å²) in [5.74, 6) is 6.08. The largest absolute Gasteiger partial charge is 0.460 e. The van der Waals surface area contributed by atoms with Crippen molar-refractivity contribution in [1.29, 1.82) is 0 Å². The van der Waals surface area contributed by atoms with Crippen LogP contribution in [0.1, 0.15) is 74.7 Å². The summed E-state index contributed by atoms with van der Waals surface area (Å²) in [5, 5.41) is 5.97. The molecule has 1 aliphatic carbocycles. The summed E-state index contributed by atoms with van der Waals surface area (Å²) in [7, 11) is 0. The number of thiazole rings is 2. The SMILES string of the molecule is CC(Cc1ccc(C#Cc2cnc(OC3CCC3)nc2)cc1)NC(=O)c1cncs1.CC(Cc1ccc(I)cc1)NC(=O)c1cncs1. The van der Waals surface area contributed by atoms with Gasteiger partial charge in [0.05, 0.1) is 29.0 Å². The lowest BCUT2D eigenvalue weighted by Crippen LogP contribution is -2.33. The molecule has 2 aromatic carbocycles. The summed E-state index contributed by atoms with van der Waals surface area (Å²) in [4.78, 5) is 41.5. The molecule has 2 amide bonds. The van der Waals surface area contributed by atoms with Gasteiger partial charge in [-0.05, 0) is 104 Å². The normalized spacial score (nSPS) is 13.4. The molecule has 0 aliphatic heterocycles. The van der Waals surface area contributed by atoms with E-state index in [1.807, 2.05) is 38.1 Å². The van der Waals surface area contributed by atoms with Gasteiger partial charge in [-0.1, -0.05) is 36.1 Å². The van der Waals surface area contributed by atoms with Gasteiger partial charge in [-0.3, -0.25) is 19.6 Å².